The molecular formula is C23H18O3S2. The van der Waals surface area contributed by atoms with E-state index in [0.717, 1.165) is 26.3 Å². The number of aryl methyl sites for hydroxylation is 1. The summed E-state index contributed by atoms with van der Waals surface area (Å²) < 4.78 is 24.5. The highest BCUT2D eigenvalue weighted by Gasteiger charge is 2.17. The lowest BCUT2D eigenvalue weighted by atomic mass is 9.99. The van der Waals surface area contributed by atoms with Gasteiger partial charge < -0.3 is 0 Å². The van der Waals surface area contributed by atoms with E-state index in [1.54, 1.807) is 35.6 Å². The molecule has 0 aliphatic rings. The van der Waals surface area contributed by atoms with Crippen molar-refractivity contribution >= 4 is 31.3 Å². The zero-order chi connectivity index (χ0) is 19.9. The Morgan fingerprint density at radius 2 is 1.54 bits per heavy atom. The van der Waals surface area contributed by atoms with E-state index < -0.39 is 9.84 Å². The van der Waals surface area contributed by atoms with Crippen LogP contribution < -0.4 is 5.43 Å². The summed E-state index contributed by atoms with van der Waals surface area (Å²) in [6.45, 7) is 2.00. The van der Waals surface area contributed by atoms with Crippen molar-refractivity contribution in [3.63, 3.8) is 0 Å². The standard InChI is InChI=1S/C23H18O3S2/c1-15-6-5-7-17(14-15)21-22(24)19-8-3-4-9-20(19)27-23(21)16-10-12-18(13-11-16)28(2,25)26/h3-14H,1-2H3. The van der Waals surface area contributed by atoms with Crippen molar-refractivity contribution in [2.24, 2.45) is 0 Å². The van der Waals surface area contributed by atoms with E-state index in [9.17, 15) is 13.2 Å². The largest absolute Gasteiger partial charge is 0.288 e. The molecule has 0 saturated carbocycles. The number of fused-ring (bicyclic) bond motifs is 1. The zero-order valence-electron chi connectivity index (χ0n) is 15.5. The van der Waals surface area contributed by atoms with Gasteiger partial charge in [-0.2, -0.15) is 0 Å². The van der Waals surface area contributed by atoms with Crippen LogP contribution in [0.1, 0.15) is 5.56 Å². The number of sulfone groups is 1. The molecule has 5 heteroatoms. The predicted octanol–water partition coefficient (Wildman–Crippen LogP) is 5.31. The molecule has 0 unspecified atom stereocenters. The molecule has 0 saturated heterocycles. The third kappa shape index (κ3) is 3.39. The van der Waals surface area contributed by atoms with Gasteiger partial charge in [-0.05, 0) is 42.3 Å². The van der Waals surface area contributed by atoms with Gasteiger partial charge in [-0.3, -0.25) is 4.79 Å². The van der Waals surface area contributed by atoms with Gasteiger partial charge in [0.2, 0.25) is 0 Å². The molecular weight excluding hydrogens is 388 g/mol. The molecule has 0 spiro atoms. The van der Waals surface area contributed by atoms with Gasteiger partial charge in [0.25, 0.3) is 0 Å². The first-order valence-corrected chi connectivity index (χ1v) is 11.5. The molecule has 4 rings (SSSR count). The summed E-state index contributed by atoms with van der Waals surface area (Å²) in [5.41, 5.74) is 3.42. The Hall–Kier alpha value is -2.76. The quantitative estimate of drug-likeness (QED) is 0.463. The first-order valence-electron chi connectivity index (χ1n) is 8.78. The van der Waals surface area contributed by atoms with Crippen LogP contribution in [0, 0.1) is 6.92 Å². The minimum absolute atomic E-state index is 0.0119. The van der Waals surface area contributed by atoms with E-state index in [0.29, 0.717) is 10.9 Å². The fraction of sp³-hybridized carbons (Fsp3) is 0.0870. The van der Waals surface area contributed by atoms with Crippen LogP contribution in [0.5, 0.6) is 0 Å². The Bertz CT molecular complexity index is 1350. The van der Waals surface area contributed by atoms with Gasteiger partial charge in [0, 0.05) is 26.8 Å². The number of benzene rings is 3. The molecule has 0 N–H and O–H groups in total. The average Bonchev–Trinajstić information content (AvgIpc) is 2.67. The first-order chi connectivity index (χ1) is 13.3. The smallest absolute Gasteiger partial charge is 0.196 e. The molecule has 0 amide bonds. The van der Waals surface area contributed by atoms with Gasteiger partial charge in [0.05, 0.1) is 4.90 Å². The van der Waals surface area contributed by atoms with Crippen LogP contribution in [0.2, 0.25) is 0 Å². The minimum atomic E-state index is -3.27. The third-order valence-corrected chi connectivity index (χ3v) is 7.00. The second-order valence-corrected chi connectivity index (χ2v) is 9.87. The lowest BCUT2D eigenvalue weighted by Gasteiger charge is -2.12. The highest BCUT2D eigenvalue weighted by atomic mass is 32.2. The second-order valence-electron chi connectivity index (χ2n) is 6.80. The molecule has 0 atom stereocenters. The van der Waals surface area contributed by atoms with Gasteiger partial charge in [0.1, 0.15) is 0 Å². The lowest BCUT2D eigenvalue weighted by molar-refractivity contribution is 0.602. The summed E-state index contributed by atoms with van der Waals surface area (Å²) in [6.07, 6.45) is 1.19. The fourth-order valence-electron chi connectivity index (χ4n) is 3.26. The fourth-order valence-corrected chi connectivity index (χ4v) is 5.10. The number of rotatable bonds is 3. The molecule has 3 nitrogen and oxygen atoms in total. The molecule has 0 fully saturated rings. The van der Waals surface area contributed by atoms with Gasteiger partial charge in [-0.25, -0.2) is 8.42 Å². The van der Waals surface area contributed by atoms with Crippen LogP contribution in [-0.2, 0) is 9.84 Å². The Balaban J connectivity index is 2.04. The second kappa shape index (κ2) is 7.00. The van der Waals surface area contributed by atoms with E-state index in [2.05, 4.69) is 0 Å². The van der Waals surface area contributed by atoms with E-state index in [1.165, 1.54) is 6.26 Å². The Morgan fingerprint density at radius 3 is 2.21 bits per heavy atom. The summed E-state index contributed by atoms with van der Waals surface area (Å²) >= 11 is 1.55. The molecule has 0 aliphatic carbocycles. The van der Waals surface area contributed by atoms with Crippen LogP contribution in [-0.4, -0.2) is 14.7 Å². The van der Waals surface area contributed by atoms with Crippen molar-refractivity contribution in [1.29, 1.82) is 0 Å². The van der Waals surface area contributed by atoms with Crippen LogP contribution in [0.4, 0.5) is 0 Å². The highest BCUT2D eigenvalue weighted by molar-refractivity contribution is 7.90. The molecule has 4 aromatic rings. The molecule has 0 radical (unpaired) electrons. The van der Waals surface area contributed by atoms with Crippen LogP contribution in [0.15, 0.2) is 82.5 Å². The van der Waals surface area contributed by atoms with Crippen molar-refractivity contribution in [3.8, 4) is 21.6 Å². The first kappa shape index (κ1) is 18.6. The maximum absolute atomic E-state index is 13.4. The molecule has 0 aliphatic heterocycles. The summed E-state index contributed by atoms with van der Waals surface area (Å²) in [7, 11) is -3.27. The molecule has 1 aromatic heterocycles. The monoisotopic (exact) mass is 406 g/mol. The zero-order valence-corrected chi connectivity index (χ0v) is 17.1. The van der Waals surface area contributed by atoms with Crippen LogP contribution in [0.25, 0.3) is 31.7 Å². The van der Waals surface area contributed by atoms with Crippen LogP contribution in [0.3, 0.4) is 0 Å². The van der Waals surface area contributed by atoms with Crippen molar-refractivity contribution < 1.29 is 8.42 Å². The molecule has 1 heterocycles. The highest BCUT2D eigenvalue weighted by Crippen LogP contribution is 2.37. The summed E-state index contributed by atoms with van der Waals surface area (Å²) in [4.78, 5) is 14.5. The maximum Gasteiger partial charge on any atom is 0.196 e. The third-order valence-electron chi connectivity index (χ3n) is 4.65. The maximum atomic E-state index is 13.4. The molecule has 140 valence electrons. The van der Waals surface area contributed by atoms with Gasteiger partial charge >= 0.3 is 0 Å². The van der Waals surface area contributed by atoms with E-state index in [1.807, 2.05) is 55.5 Å². The molecule has 28 heavy (non-hydrogen) atoms. The SMILES string of the molecule is Cc1cccc(-c2c(-c3ccc(S(C)(=O)=O)cc3)sc3ccccc3c2=O)c1. The van der Waals surface area contributed by atoms with Gasteiger partial charge in [-0.1, -0.05) is 54.1 Å². The summed E-state index contributed by atoms with van der Waals surface area (Å²) in [5, 5.41) is 0.695. The molecule has 0 bridgehead atoms. The van der Waals surface area contributed by atoms with Gasteiger partial charge in [-0.15, -0.1) is 11.3 Å². The van der Waals surface area contributed by atoms with Crippen LogP contribution >= 0.6 is 11.3 Å². The van der Waals surface area contributed by atoms with Crippen molar-refractivity contribution in [1.82, 2.24) is 0 Å². The normalized spacial score (nSPS) is 11.6. The predicted molar refractivity (Wildman–Crippen MR) is 117 cm³/mol. The lowest BCUT2D eigenvalue weighted by Crippen LogP contribution is -2.06. The number of hydrogen-bond acceptors (Lipinski definition) is 4. The summed E-state index contributed by atoms with van der Waals surface area (Å²) in [6, 6.07) is 22.2. The Morgan fingerprint density at radius 1 is 0.821 bits per heavy atom. The average molecular weight is 407 g/mol. The van der Waals surface area contributed by atoms with Gasteiger partial charge in [0.15, 0.2) is 15.3 Å². The van der Waals surface area contributed by atoms with E-state index in [-0.39, 0.29) is 10.3 Å². The Labute approximate surface area is 167 Å². The van der Waals surface area contributed by atoms with Crippen molar-refractivity contribution in [3.05, 3.63) is 88.6 Å². The van der Waals surface area contributed by atoms with E-state index >= 15 is 0 Å². The van der Waals surface area contributed by atoms with Crippen molar-refractivity contribution in [2.45, 2.75) is 11.8 Å². The minimum Gasteiger partial charge on any atom is -0.288 e. The summed E-state index contributed by atoms with van der Waals surface area (Å²) in [5.74, 6) is 0. The molecule has 3 aromatic carbocycles. The van der Waals surface area contributed by atoms with Crippen molar-refractivity contribution in [2.75, 3.05) is 6.26 Å². The Kier molecular flexibility index (Phi) is 4.65. The van der Waals surface area contributed by atoms with E-state index in [4.69, 9.17) is 0 Å². The number of hydrogen-bond donors (Lipinski definition) is 0. The topological polar surface area (TPSA) is 51.2 Å².